The lowest BCUT2D eigenvalue weighted by Crippen LogP contribution is -2.50. The highest BCUT2D eigenvalue weighted by atomic mass is 32.2. The van der Waals surface area contributed by atoms with Crippen LogP contribution in [0.4, 0.5) is 4.79 Å². The molecule has 3 saturated heterocycles. The van der Waals surface area contributed by atoms with Crippen LogP contribution in [-0.4, -0.2) is 78.9 Å². The zero-order valence-corrected chi connectivity index (χ0v) is 23.2. The minimum atomic E-state index is -3.45. The molecule has 4 fully saturated rings. The van der Waals surface area contributed by atoms with Crippen LogP contribution in [0.15, 0.2) is 17.2 Å². The van der Waals surface area contributed by atoms with Gasteiger partial charge in [-0.3, -0.25) is 0 Å². The van der Waals surface area contributed by atoms with E-state index in [2.05, 4.69) is 4.98 Å². The van der Waals surface area contributed by atoms with Crippen molar-refractivity contribution in [2.24, 2.45) is 0 Å². The Morgan fingerprint density at radius 3 is 2.14 bits per heavy atom. The molecule has 2 bridgehead atoms. The Morgan fingerprint density at radius 2 is 1.59 bits per heavy atom. The van der Waals surface area contributed by atoms with Gasteiger partial charge in [0.2, 0.25) is 9.84 Å². The topological polar surface area (TPSA) is 104 Å². The molecule has 1 amide bonds. The second-order valence-electron chi connectivity index (χ2n) is 12.0. The second kappa shape index (κ2) is 10.3. The van der Waals surface area contributed by atoms with E-state index in [9.17, 15) is 13.2 Å². The lowest BCUT2D eigenvalue weighted by atomic mass is 9.93. The lowest BCUT2D eigenvalue weighted by Gasteiger charge is -2.41. The van der Waals surface area contributed by atoms with E-state index in [0.717, 1.165) is 51.4 Å². The maximum absolute atomic E-state index is 12.7. The molecule has 1 aliphatic carbocycles. The molecule has 1 aromatic rings. The molecule has 206 valence electrons. The van der Waals surface area contributed by atoms with E-state index in [1.54, 1.807) is 19.1 Å². The minimum absolute atomic E-state index is 0.0630. The Balaban J connectivity index is 1.09. The van der Waals surface area contributed by atoms with Crippen LogP contribution in [0, 0.1) is 6.92 Å². The first kappa shape index (κ1) is 26.7. The molecule has 4 aliphatic rings. The van der Waals surface area contributed by atoms with Gasteiger partial charge in [-0.25, -0.2) is 18.2 Å². The Kier molecular flexibility index (Phi) is 7.46. The number of hydrogen-bond acceptors (Lipinski definition) is 8. The fraction of sp³-hybridized carbons (Fsp3) is 0.778. The minimum Gasteiger partial charge on any atom is -0.489 e. The number of amides is 1. The third kappa shape index (κ3) is 5.91. The summed E-state index contributed by atoms with van der Waals surface area (Å²) in [6.45, 7) is 7.98. The van der Waals surface area contributed by atoms with E-state index >= 15 is 0 Å². The number of sulfone groups is 1. The van der Waals surface area contributed by atoms with Crippen molar-refractivity contribution in [3.05, 3.63) is 17.8 Å². The van der Waals surface area contributed by atoms with Crippen molar-refractivity contribution >= 4 is 15.9 Å². The Labute approximate surface area is 220 Å². The van der Waals surface area contributed by atoms with Crippen LogP contribution in [0.1, 0.15) is 77.8 Å². The monoisotopic (exact) mass is 536 g/mol. The fourth-order valence-electron chi connectivity index (χ4n) is 5.96. The number of ether oxygens (including phenoxy) is 4. The molecule has 0 aromatic carbocycles. The standard InChI is InChI=1S/C27H40N2O7S/c1-17-24(11-12-25(28-17)37(31,32)23-15-33-16-23)35-21-9-7-20(8-10-21)34-22-13-18-5-6-19(14-22)29(18)26(30)36-27(2,3)4/h11-12,18-23H,5-10,13-16H2,1-4H3/t18-,19-,20?,21?/m0/s1. The first-order valence-electron chi connectivity index (χ1n) is 13.6. The third-order valence-corrected chi connectivity index (χ3v) is 9.90. The lowest BCUT2D eigenvalue weighted by molar-refractivity contribution is -0.0813. The number of hydrogen-bond donors (Lipinski definition) is 0. The molecular formula is C27H40N2O7S. The molecule has 0 N–H and O–H groups in total. The fourth-order valence-corrected chi connectivity index (χ4v) is 7.38. The molecule has 2 atom stereocenters. The van der Waals surface area contributed by atoms with Gasteiger partial charge in [0.05, 0.1) is 37.2 Å². The zero-order chi connectivity index (χ0) is 26.4. The Hall–Kier alpha value is -1.91. The maximum Gasteiger partial charge on any atom is 0.410 e. The van der Waals surface area contributed by atoms with E-state index in [-0.39, 0.29) is 54.7 Å². The number of piperidine rings is 1. The van der Waals surface area contributed by atoms with Gasteiger partial charge in [-0.15, -0.1) is 0 Å². The van der Waals surface area contributed by atoms with Gasteiger partial charge >= 0.3 is 6.09 Å². The summed E-state index contributed by atoms with van der Waals surface area (Å²) in [6, 6.07) is 3.68. The number of carbonyl (C=O) groups is 1. The van der Waals surface area contributed by atoms with Crippen molar-refractivity contribution in [3.8, 4) is 5.75 Å². The SMILES string of the molecule is Cc1nc(S(=O)(=O)C2COC2)ccc1OC1CCC(OC2C[C@@H]3CC[C@@H](C2)N3C(=O)OC(C)(C)C)CC1. The highest BCUT2D eigenvalue weighted by molar-refractivity contribution is 7.92. The smallest absolute Gasteiger partial charge is 0.410 e. The Morgan fingerprint density at radius 1 is 0.973 bits per heavy atom. The predicted molar refractivity (Wildman–Crippen MR) is 136 cm³/mol. The van der Waals surface area contributed by atoms with Gasteiger partial charge in [-0.05, 0) is 91.2 Å². The van der Waals surface area contributed by atoms with Crippen molar-refractivity contribution in [2.75, 3.05) is 13.2 Å². The number of aromatic nitrogens is 1. The molecule has 1 aromatic heterocycles. The van der Waals surface area contributed by atoms with Crippen LogP contribution in [0.5, 0.6) is 5.75 Å². The molecule has 4 heterocycles. The van der Waals surface area contributed by atoms with Crippen molar-refractivity contribution < 1.29 is 32.2 Å². The largest absolute Gasteiger partial charge is 0.489 e. The first-order chi connectivity index (χ1) is 17.5. The van der Waals surface area contributed by atoms with Crippen LogP contribution in [0.2, 0.25) is 0 Å². The van der Waals surface area contributed by atoms with Crippen LogP contribution in [-0.2, 0) is 24.0 Å². The van der Waals surface area contributed by atoms with Gasteiger partial charge < -0.3 is 23.8 Å². The summed E-state index contributed by atoms with van der Waals surface area (Å²) in [5.41, 5.74) is 0.108. The molecule has 1 saturated carbocycles. The van der Waals surface area contributed by atoms with Gasteiger partial charge in [0.1, 0.15) is 16.6 Å². The van der Waals surface area contributed by atoms with Crippen LogP contribution in [0.3, 0.4) is 0 Å². The van der Waals surface area contributed by atoms with Crippen LogP contribution < -0.4 is 4.74 Å². The van der Waals surface area contributed by atoms with Crippen LogP contribution in [0.25, 0.3) is 0 Å². The molecule has 37 heavy (non-hydrogen) atoms. The molecule has 3 aliphatic heterocycles. The highest BCUT2D eigenvalue weighted by Gasteiger charge is 2.46. The van der Waals surface area contributed by atoms with E-state index in [1.165, 1.54) is 0 Å². The average Bonchev–Trinajstić information content (AvgIpc) is 3.04. The summed E-state index contributed by atoms with van der Waals surface area (Å²) in [7, 11) is -3.45. The highest BCUT2D eigenvalue weighted by Crippen LogP contribution is 2.39. The van der Waals surface area contributed by atoms with E-state index in [4.69, 9.17) is 18.9 Å². The number of aryl methyl sites for hydroxylation is 1. The van der Waals surface area contributed by atoms with Crippen LogP contribution >= 0.6 is 0 Å². The van der Waals surface area contributed by atoms with Crippen molar-refractivity contribution in [1.82, 2.24) is 9.88 Å². The zero-order valence-electron chi connectivity index (χ0n) is 22.4. The van der Waals surface area contributed by atoms with Crippen molar-refractivity contribution in [2.45, 2.75) is 125 Å². The van der Waals surface area contributed by atoms with Gasteiger partial charge in [-0.2, -0.15) is 0 Å². The summed E-state index contributed by atoms with van der Waals surface area (Å²) in [5.74, 6) is 0.638. The number of pyridine rings is 1. The summed E-state index contributed by atoms with van der Waals surface area (Å²) in [6.07, 6.45) is 7.66. The van der Waals surface area contributed by atoms with Gasteiger partial charge in [-0.1, -0.05) is 0 Å². The van der Waals surface area contributed by atoms with Crippen molar-refractivity contribution in [1.29, 1.82) is 0 Å². The van der Waals surface area contributed by atoms with E-state index in [1.807, 2.05) is 25.7 Å². The van der Waals surface area contributed by atoms with E-state index in [0.29, 0.717) is 11.4 Å². The third-order valence-electron chi connectivity index (χ3n) is 7.94. The van der Waals surface area contributed by atoms with E-state index < -0.39 is 20.7 Å². The molecule has 5 rings (SSSR count). The molecular weight excluding hydrogens is 496 g/mol. The summed E-state index contributed by atoms with van der Waals surface area (Å²) >= 11 is 0. The summed E-state index contributed by atoms with van der Waals surface area (Å²) in [4.78, 5) is 19.0. The van der Waals surface area contributed by atoms with Crippen molar-refractivity contribution in [3.63, 3.8) is 0 Å². The quantitative estimate of drug-likeness (QED) is 0.533. The van der Waals surface area contributed by atoms with Gasteiger partial charge in [0.25, 0.3) is 0 Å². The first-order valence-corrected chi connectivity index (χ1v) is 15.2. The normalized spacial score (nSPS) is 30.6. The summed E-state index contributed by atoms with van der Waals surface area (Å²) < 4.78 is 48.6. The molecule has 0 unspecified atom stereocenters. The number of rotatable bonds is 6. The molecule has 10 heteroatoms. The number of nitrogens with zero attached hydrogens (tertiary/aromatic N) is 2. The molecule has 0 spiro atoms. The molecule has 0 radical (unpaired) electrons. The van der Waals surface area contributed by atoms with Gasteiger partial charge in [0.15, 0.2) is 5.03 Å². The summed E-state index contributed by atoms with van der Waals surface area (Å²) in [5, 5.41) is -0.407. The molecule has 9 nitrogen and oxygen atoms in total. The predicted octanol–water partition coefficient (Wildman–Crippen LogP) is 4.20. The maximum atomic E-state index is 12.7. The second-order valence-corrected chi connectivity index (χ2v) is 14.1. The Bertz CT molecular complexity index is 1080. The number of fused-ring (bicyclic) bond motifs is 2. The number of carbonyl (C=O) groups excluding carboxylic acids is 1. The van der Waals surface area contributed by atoms with Gasteiger partial charge in [0, 0.05) is 12.1 Å². The average molecular weight is 537 g/mol.